The Bertz CT molecular complexity index is 353. The van der Waals surface area contributed by atoms with Gasteiger partial charge in [-0.3, -0.25) is 0 Å². The van der Waals surface area contributed by atoms with E-state index in [-0.39, 0.29) is 19.1 Å². The molecule has 1 aromatic rings. The molecule has 0 fully saturated rings. The van der Waals surface area contributed by atoms with Crippen LogP contribution in [0.25, 0.3) is 0 Å². The average Bonchev–Trinajstić information content (AvgIpc) is 2.23. The topological polar surface area (TPSA) is 48.1 Å². The van der Waals surface area contributed by atoms with Gasteiger partial charge in [0.25, 0.3) is 0 Å². The van der Waals surface area contributed by atoms with E-state index in [1.165, 1.54) is 6.20 Å². The number of pyridine rings is 1. The Kier molecular flexibility index (Phi) is 4.74. The minimum absolute atomic E-state index is 0.00504. The van der Waals surface area contributed by atoms with Gasteiger partial charge in [-0.05, 0) is 25.0 Å². The van der Waals surface area contributed by atoms with Crippen molar-refractivity contribution in [1.82, 2.24) is 4.98 Å². The summed E-state index contributed by atoms with van der Waals surface area (Å²) in [7, 11) is 0. The Morgan fingerprint density at radius 2 is 2.18 bits per heavy atom. The summed E-state index contributed by atoms with van der Waals surface area (Å²) in [5.74, 6) is 0.307. The van der Waals surface area contributed by atoms with Crippen molar-refractivity contribution in [1.29, 1.82) is 0 Å². The van der Waals surface area contributed by atoms with Crippen molar-refractivity contribution in [3.05, 3.63) is 23.9 Å². The molecule has 0 spiro atoms. The molecule has 0 amide bonds. The van der Waals surface area contributed by atoms with Crippen LogP contribution in [0.2, 0.25) is 0 Å². The Hall–Kier alpha value is -1.30. The third-order valence-electron chi connectivity index (χ3n) is 2.14. The summed E-state index contributed by atoms with van der Waals surface area (Å²) in [6.45, 7) is 1.80. The van der Waals surface area contributed by atoms with Crippen molar-refractivity contribution in [3.8, 4) is 5.88 Å². The zero-order chi connectivity index (χ0) is 12.9. The summed E-state index contributed by atoms with van der Waals surface area (Å²) in [6, 6.07) is 3.22. The van der Waals surface area contributed by atoms with Gasteiger partial charge < -0.3 is 10.5 Å². The minimum Gasteiger partial charge on any atom is -0.478 e. The normalized spacial score (nSPS) is 13.5. The number of nitrogens with two attached hydrogens (primary N) is 1. The van der Waals surface area contributed by atoms with Crippen LogP contribution in [0.5, 0.6) is 5.88 Å². The van der Waals surface area contributed by atoms with Crippen molar-refractivity contribution in [3.63, 3.8) is 0 Å². The van der Waals surface area contributed by atoms with E-state index in [2.05, 4.69) is 4.98 Å². The van der Waals surface area contributed by atoms with Crippen molar-refractivity contribution < 1.29 is 17.9 Å². The molecule has 1 aromatic heterocycles. The first-order valence-corrected chi connectivity index (χ1v) is 5.29. The largest absolute Gasteiger partial charge is 0.478 e. The van der Waals surface area contributed by atoms with Crippen LogP contribution in [0, 0.1) is 0 Å². The van der Waals surface area contributed by atoms with Crippen LogP contribution in [0.1, 0.15) is 31.4 Å². The number of aromatic nitrogens is 1. The van der Waals surface area contributed by atoms with Gasteiger partial charge in [-0.25, -0.2) is 4.98 Å². The van der Waals surface area contributed by atoms with E-state index in [0.29, 0.717) is 5.88 Å². The fraction of sp³-hybridized carbons (Fsp3) is 0.545. The fourth-order valence-electron chi connectivity index (χ4n) is 1.24. The molecule has 0 aliphatic heterocycles. The third kappa shape index (κ3) is 5.53. The quantitative estimate of drug-likeness (QED) is 0.815. The van der Waals surface area contributed by atoms with Crippen LogP contribution in [0.4, 0.5) is 13.2 Å². The monoisotopic (exact) mass is 248 g/mol. The van der Waals surface area contributed by atoms with Gasteiger partial charge >= 0.3 is 6.18 Å². The predicted octanol–water partition coefficient (Wildman–Crippen LogP) is 2.82. The maximum atomic E-state index is 11.9. The van der Waals surface area contributed by atoms with Gasteiger partial charge in [0.15, 0.2) is 0 Å². The van der Waals surface area contributed by atoms with Gasteiger partial charge in [-0.15, -0.1) is 0 Å². The molecule has 6 heteroatoms. The van der Waals surface area contributed by atoms with E-state index in [0.717, 1.165) is 5.56 Å². The SMILES string of the molecule is CC(N)c1ccnc(OCCCC(F)(F)F)c1. The molecule has 1 atom stereocenters. The lowest BCUT2D eigenvalue weighted by atomic mass is 10.1. The van der Waals surface area contributed by atoms with Crippen molar-refractivity contribution in [2.24, 2.45) is 5.73 Å². The van der Waals surface area contributed by atoms with Gasteiger partial charge in [-0.2, -0.15) is 13.2 Å². The highest BCUT2D eigenvalue weighted by atomic mass is 19.4. The van der Waals surface area contributed by atoms with E-state index >= 15 is 0 Å². The Morgan fingerprint density at radius 3 is 2.76 bits per heavy atom. The third-order valence-corrected chi connectivity index (χ3v) is 2.14. The van der Waals surface area contributed by atoms with Gasteiger partial charge in [0.05, 0.1) is 6.61 Å². The first-order valence-electron chi connectivity index (χ1n) is 5.29. The maximum absolute atomic E-state index is 11.9. The van der Waals surface area contributed by atoms with E-state index in [1.54, 1.807) is 12.1 Å². The molecule has 17 heavy (non-hydrogen) atoms. The highest BCUT2D eigenvalue weighted by Gasteiger charge is 2.26. The first-order chi connectivity index (χ1) is 7.88. The highest BCUT2D eigenvalue weighted by molar-refractivity contribution is 5.22. The van der Waals surface area contributed by atoms with Gasteiger partial charge in [-0.1, -0.05) is 0 Å². The van der Waals surface area contributed by atoms with Crippen LogP contribution in [-0.4, -0.2) is 17.8 Å². The molecule has 2 N–H and O–H groups in total. The molecule has 0 aliphatic rings. The van der Waals surface area contributed by atoms with Crippen molar-refractivity contribution >= 4 is 0 Å². The standard InChI is InChI=1S/C11H15F3N2O/c1-8(15)9-3-5-16-10(7-9)17-6-2-4-11(12,13)14/h3,5,7-8H,2,4,6,15H2,1H3. The Labute approximate surface area is 97.8 Å². The van der Waals surface area contributed by atoms with E-state index in [4.69, 9.17) is 10.5 Å². The molecular weight excluding hydrogens is 233 g/mol. The molecule has 3 nitrogen and oxygen atoms in total. The summed E-state index contributed by atoms with van der Waals surface area (Å²) in [5.41, 5.74) is 6.50. The lowest BCUT2D eigenvalue weighted by Crippen LogP contribution is -2.10. The zero-order valence-corrected chi connectivity index (χ0v) is 9.50. The van der Waals surface area contributed by atoms with Crippen LogP contribution in [-0.2, 0) is 0 Å². The van der Waals surface area contributed by atoms with E-state index in [9.17, 15) is 13.2 Å². The summed E-state index contributed by atoms with van der Waals surface area (Å²) < 4.78 is 40.7. The lowest BCUT2D eigenvalue weighted by molar-refractivity contribution is -0.136. The summed E-state index contributed by atoms with van der Waals surface area (Å²) in [5, 5.41) is 0. The Balaban J connectivity index is 2.39. The molecule has 96 valence electrons. The highest BCUT2D eigenvalue weighted by Crippen LogP contribution is 2.21. The molecule has 0 bridgehead atoms. The first kappa shape index (κ1) is 13.8. The number of hydrogen-bond donors (Lipinski definition) is 1. The number of alkyl halides is 3. The summed E-state index contributed by atoms with van der Waals surface area (Å²) >= 11 is 0. The minimum atomic E-state index is -4.13. The molecule has 0 saturated heterocycles. The van der Waals surface area contributed by atoms with Crippen LogP contribution in [0.3, 0.4) is 0 Å². The fourth-order valence-corrected chi connectivity index (χ4v) is 1.24. The summed E-state index contributed by atoms with van der Waals surface area (Å²) in [4.78, 5) is 3.90. The molecule has 0 saturated carbocycles. The molecule has 0 aliphatic carbocycles. The molecule has 0 aromatic carbocycles. The lowest BCUT2D eigenvalue weighted by Gasteiger charge is -2.09. The molecule has 1 unspecified atom stereocenters. The number of nitrogens with zero attached hydrogens (tertiary/aromatic N) is 1. The molecule has 0 radical (unpaired) electrons. The number of hydrogen-bond acceptors (Lipinski definition) is 3. The second-order valence-corrected chi connectivity index (χ2v) is 3.78. The second kappa shape index (κ2) is 5.86. The summed E-state index contributed by atoms with van der Waals surface area (Å²) in [6.07, 6.45) is -3.53. The van der Waals surface area contributed by atoms with Gasteiger partial charge in [0.2, 0.25) is 5.88 Å². The van der Waals surface area contributed by atoms with Gasteiger partial charge in [0, 0.05) is 24.7 Å². The maximum Gasteiger partial charge on any atom is 0.389 e. The van der Waals surface area contributed by atoms with E-state index in [1.807, 2.05) is 6.92 Å². The smallest absolute Gasteiger partial charge is 0.389 e. The zero-order valence-electron chi connectivity index (χ0n) is 9.50. The van der Waals surface area contributed by atoms with Gasteiger partial charge in [0.1, 0.15) is 0 Å². The molecule has 1 rings (SSSR count). The van der Waals surface area contributed by atoms with Crippen molar-refractivity contribution in [2.45, 2.75) is 32.0 Å². The molecule has 1 heterocycles. The van der Waals surface area contributed by atoms with Crippen LogP contribution in [0.15, 0.2) is 18.3 Å². The van der Waals surface area contributed by atoms with Crippen LogP contribution >= 0.6 is 0 Å². The van der Waals surface area contributed by atoms with E-state index < -0.39 is 12.6 Å². The number of rotatable bonds is 5. The predicted molar refractivity (Wildman–Crippen MR) is 57.6 cm³/mol. The Morgan fingerprint density at radius 1 is 1.47 bits per heavy atom. The molecular formula is C11H15F3N2O. The second-order valence-electron chi connectivity index (χ2n) is 3.78. The van der Waals surface area contributed by atoms with Crippen molar-refractivity contribution in [2.75, 3.05) is 6.61 Å². The number of halogens is 3. The number of ether oxygens (including phenoxy) is 1. The van der Waals surface area contributed by atoms with Crippen LogP contribution < -0.4 is 10.5 Å². The average molecular weight is 248 g/mol.